The molecular formula is C11H8F2N2. The van der Waals surface area contributed by atoms with Crippen molar-refractivity contribution in [1.82, 2.24) is 4.98 Å². The number of pyridine rings is 1. The van der Waals surface area contributed by atoms with Gasteiger partial charge in [-0.2, -0.15) is 0 Å². The summed E-state index contributed by atoms with van der Waals surface area (Å²) in [7, 11) is 0. The number of aromatic nitrogens is 1. The molecule has 0 amide bonds. The molecule has 0 atom stereocenters. The van der Waals surface area contributed by atoms with Crippen LogP contribution >= 0.6 is 0 Å². The molecule has 2 N–H and O–H groups in total. The van der Waals surface area contributed by atoms with Crippen molar-refractivity contribution in [1.29, 1.82) is 0 Å². The summed E-state index contributed by atoms with van der Waals surface area (Å²) in [5.74, 6) is -1.24. The van der Waals surface area contributed by atoms with Gasteiger partial charge in [-0.25, -0.2) is 8.78 Å². The van der Waals surface area contributed by atoms with E-state index in [1.54, 1.807) is 12.1 Å². The number of nitrogen functional groups attached to an aromatic ring is 1. The molecule has 0 bridgehead atoms. The highest BCUT2D eigenvalue weighted by atomic mass is 19.1. The Hall–Kier alpha value is -1.97. The molecule has 0 saturated heterocycles. The van der Waals surface area contributed by atoms with Gasteiger partial charge in [0.2, 0.25) is 0 Å². The summed E-state index contributed by atoms with van der Waals surface area (Å²) >= 11 is 0. The summed E-state index contributed by atoms with van der Waals surface area (Å²) in [5, 5.41) is 0. The average Bonchev–Trinajstić information content (AvgIpc) is 2.20. The van der Waals surface area contributed by atoms with Crippen LogP contribution in [0.5, 0.6) is 0 Å². The molecule has 1 aromatic carbocycles. The molecule has 1 heterocycles. The van der Waals surface area contributed by atoms with Gasteiger partial charge >= 0.3 is 0 Å². The fraction of sp³-hybridized carbons (Fsp3) is 0. The van der Waals surface area contributed by atoms with Crippen LogP contribution in [0.1, 0.15) is 0 Å². The summed E-state index contributed by atoms with van der Waals surface area (Å²) < 4.78 is 26.0. The van der Waals surface area contributed by atoms with Crippen LogP contribution in [0.2, 0.25) is 0 Å². The van der Waals surface area contributed by atoms with Gasteiger partial charge in [-0.3, -0.25) is 4.98 Å². The van der Waals surface area contributed by atoms with E-state index in [9.17, 15) is 8.78 Å². The van der Waals surface area contributed by atoms with Gasteiger partial charge in [-0.05, 0) is 24.3 Å². The highest BCUT2D eigenvalue weighted by Gasteiger charge is 2.06. The molecule has 2 rings (SSSR count). The van der Waals surface area contributed by atoms with E-state index in [1.165, 1.54) is 18.3 Å². The third kappa shape index (κ3) is 1.93. The first-order chi connectivity index (χ1) is 7.16. The van der Waals surface area contributed by atoms with Gasteiger partial charge in [-0.15, -0.1) is 0 Å². The maximum atomic E-state index is 13.3. The molecule has 2 aromatic rings. The normalized spacial score (nSPS) is 10.3. The zero-order valence-corrected chi connectivity index (χ0v) is 7.74. The molecule has 1 aromatic heterocycles. The molecule has 0 aliphatic heterocycles. The fourth-order valence-corrected chi connectivity index (χ4v) is 1.26. The van der Waals surface area contributed by atoms with Crippen LogP contribution in [0.3, 0.4) is 0 Å². The third-order valence-corrected chi connectivity index (χ3v) is 1.99. The van der Waals surface area contributed by atoms with Gasteiger partial charge in [0.15, 0.2) is 0 Å². The summed E-state index contributed by atoms with van der Waals surface area (Å²) in [5.41, 5.74) is 6.64. The van der Waals surface area contributed by atoms with Gasteiger partial charge in [0.25, 0.3) is 0 Å². The number of benzene rings is 1. The van der Waals surface area contributed by atoms with Gasteiger partial charge in [0.1, 0.15) is 11.6 Å². The van der Waals surface area contributed by atoms with Crippen LogP contribution in [0.25, 0.3) is 11.3 Å². The van der Waals surface area contributed by atoms with Crippen LogP contribution in [-0.4, -0.2) is 4.98 Å². The van der Waals surface area contributed by atoms with Gasteiger partial charge < -0.3 is 5.73 Å². The lowest BCUT2D eigenvalue weighted by Gasteiger charge is -2.02. The largest absolute Gasteiger partial charge is 0.397 e. The van der Waals surface area contributed by atoms with Crippen molar-refractivity contribution in [2.24, 2.45) is 0 Å². The minimum atomic E-state index is -0.632. The van der Waals surface area contributed by atoms with E-state index in [0.29, 0.717) is 11.4 Å². The van der Waals surface area contributed by atoms with Crippen LogP contribution in [0, 0.1) is 11.6 Å². The van der Waals surface area contributed by atoms with Crippen molar-refractivity contribution >= 4 is 5.69 Å². The average molecular weight is 206 g/mol. The minimum absolute atomic E-state index is 0.261. The van der Waals surface area contributed by atoms with Gasteiger partial charge in [0.05, 0.1) is 17.6 Å². The number of hydrogen-bond acceptors (Lipinski definition) is 2. The van der Waals surface area contributed by atoms with Crippen LogP contribution in [0.4, 0.5) is 14.5 Å². The maximum Gasteiger partial charge on any atom is 0.135 e. The topological polar surface area (TPSA) is 38.9 Å². The van der Waals surface area contributed by atoms with Crippen LogP contribution < -0.4 is 5.73 Å². The number of nitrogens with two attached hydrogens (primary N) is 1. The smallest absolute Gasteiger partial charge is 0.135 e. The Morgan fingerprint density at radius 3 is 2.47 bits per heavy atom. The number of nitrogens with zero attached hydrogens (tertiary/aromatic N) is 1. The molecule has 0 saturated carbocycles. The molecule has 0 fully saturated rings. The highest BCUT2D eigenvalue weighted by molar-refractivity contribution is 5.61. The molecule has 0 radical (unpaired) electrons. The summed E-state index contributed by atoms with van der Waals surface area (Å²) in [6, 6.07) is 6.57. The zero-order valence-electron chi connectivity index (χ0n) is 7.74. The van der Waals surface area contributed by atoms with E-state index in [1.807, 2.05) is 0 Å². The third-order valence-electron chi connectivity index (χ3n) is 1.99. The number of halogens is 2. The van der Waals surface area contributed by atoms with E-state index in [-0.39, 0.29) is 5.56 Å². The van der Waals surface area contributed by atoms with Gasteiger partial charge in [0, 0.05) is 11.6 Å². The predicted octanol–water partition coefficient (Wildman–Crippen LogP) is 2.61. The molecule has 0 aliphatic carbocycles. The number of hydrogen-bond donors (Lipinski definition) is 1. The second kappa shape index (κ2) is 3.65. The predicted molar refractivity (Wildman–Crippen MR) is 54.0 cm³/mol. The van der Waals surface area contributed by atoms with Crippen molar-refractivity contribution < 1.29 is 8.78 Å². The summed E-state index contributed by atoms with van der Waals surface area (Å²) in [6.07, 6.45) is 1.43. The van der Waals surface area contributed by atoms with E-state index >= 15 is 0 Å². The lowest BCUT2D eigenvalue weighted by atomic mass is 10.1. The van der Waals surface area contributed by atoms with Gasteiger partial charge in [-0.1, -0.05) is 0 Å². The first-order valence-corrected chi connectivity index (χ1v) is 4.34. The molecule has 0 unspecified atom stereocenters. The molecule has 0 spiro atoms. The van der Waals surface area contributed by atoms with Crippen molar-refractivity contribution in [2.75, 3.05) is 5.73 Å². The number of rotatable bonds is 1. The first kappa shape index (κ1) is 9.58. The molecule has 15 heavy (non-hydrogen) atoms. The Kier molecular flexibility index (Phi) is 2.33. The Labute approximate surface area is 85.4 Å². The molecule has 4 heteroatoms. The quantitative estimate of drug-likeness (QED) is 0.778. The maximum absolute atomic E-state index is 13.3. The summed E-state index contributed by atoms with van der Waals surface area (Å²) in [4.78, 5) is 3.95. The van der Waals surface area contributed by atoms with Crippen molar-refractivity contribution in [3.8, 4) is 11.3 Å². The monoisotopic (exact) mass is 206 g/mol. The van der Waals surface area contributed by atoms with Crippen molar-refractivity contribution in [3.63, 3.8) is 0 Å². The second-order valence-corrected chi connectivity index (χ2v) is 3.10. The molecule has 0 aliphatic rings. The minimum Gasteiger partial charge on any atom is -0.397 e. The second-order valence-electron chi connectivity index (χ2n) is 3.10. The highest BCUT2D eigenvalue weighted by Crippen LogP contribution is 2.21. The molecular weight excluding hydrogens is 198 g/mol. The lowest BCUT2D eigenvalue weighted by molar-refractivity contribution is 0.585. The Balaban J connectivity index is 2.49. The lowest BCUT2D eigenvalue weighted by Crippen LogP contribution is -1.91. The SMILES string of the molecule is Nc1ccc(-c2ccc(F)cc2F)nc1. The van der Waals surface area contributed by atoms with E-state index < -0.39 is 11.6 Å². The van der Waals surface area contributed by atoms with E-state index in [4.69, 9.17) is 5.73 Å². The Bertz CT molecular complexity index is 480. The zero-order chi connectivity index (χ0) is 10.8. The van der Waals surface area contributed by atoms with E-state index in [2.05, 4.69) is 4.98 Å². The molecule has 76 valence electrons. The Morgan fingerprint density at radius 1 is 1.07 bits per heavy atom. The summed E-state index contributed by atoms with van der Waals surface area (Å²) in [6.45, 7) is 0. The number of anilines is 1. The van der Waals surface area contributed by atoms with E-state index in [0.717, 1.165) is 6.07 Å². The molecule has 2 nitrogen and oxygen atoms in total. The van der Waals surface area contributed by atoms with Crippen LogP contribution in [-0.2, 0) is 0 Å². The van der Waals surface area contributed by atoms with Crippen molar-refractivity contribution in [2.45, 2.75) is 0 Å². The van der Waals surface area contributed by atoms with Crippen molar-refractivity contribution in [3.05, 3.63) is 48.2 Å². The fourth-order valence-electron chi connectivity index (χ4n) is 1.26. The first-order valence-electron chi connectivity index (χ1n) is 4.34. The van der Waals surface area contributed by atoms with Crippen LogP contribution in [0.15, 0.2) is 36.5 Å². The Morgan fingerprint density at radius 2 is 1.87 bits per heavy atom. The standard InChI is InChI=1S/C11H8F2N2/c12-7-1-3-9(10(13)5-7)11-4-2-8(14)6-15-11/h1-6H,14H2.